The molecule has 0 unspecified atom stereocenters. The van der Waals surface area contributed by atoms with Crippen molar-refractivity contribution in [3.05, 3.63) is 23.1 Å². The Labute approximate surface area is 93.1 Å². The average Bonchev–Trinajstić information content (AvgIpc) is 2.52. The highest BCUT2D eigenvalue weighted by Crippen LogP contribution is 2.35. The monoisotopic (exact) mass is 224 g/mol. The maximum absolute atomic E-state index is 5.48. The van der Waals surface area contributed by atoms with Gasteiger partial charge in [-0.2, -0.15) is 0 Å². The van der Waals surface area contributed by atoms with Crippen LogP contribution in [0.5, 0.6) is 5.75 Å². The van der Waals surface area contributed by atoms with Crippen molar-refractivity contribution in [2.45, 2.75) is 18.7 Å². The summed E-state index contributed by atoms with van der Waals surface area (Å²) in [5.41, 5.74) is 0. The van der Waals surface area contributed by atoms with E-state index in [0.29, 0.717) is 6.61 Å². The quantitative estimate of drug-likeness (QED) is 0.761. The Morgan fingerprint density at radius 2 is 2.21 bits per heavy atom. The fourth-order valence-corrected chi connectivity index (χ4v) is 2.81. The largest absolute Gasteiger partial charge is 0.493 e. The van der Waals surface area contributed by atoms with Gasteiger partial charge in [0.25, 0.3) is 0 Å². The molecular formula is C11H12OS2. The summed E-state index contributed by atoms with van der Waals surface area (Å²) in [7, 11) is 0. The van der Waals surface area contributed by atoms with Crippen LogP contribution >= 0.6 is 24.0 Å². The first kappa shape index (κ1) is 9.87. The van der Waals surface area contributed by atoms with Gasteiger partial charge < -0.3 is 4.74 Å². The Bertz CT molecular complexity index is 460. The summed E-state index contributed by atoms with van der Waals surface area (Å²) in [6.07, 6.45) is 0. The Kier molecular flexibility index (Phi) is 2.70. The lowest BCUT2D eigenvalue weighted by molar-refractivity contribution is 0.333. The number of thiophene rings is 1. The van der Waals surface area contributed by atoms with E-state index >= 15 is 0 Å². The summed E-state index contributed by atoms with van der Waals surface area (Å²) in [5, 5.41) is 1.20. The lowest BCUT2D eigenvalue weighted by atomic mass is 10.2. The molecule has 2 rings (SSSR count). The summed E-state index contributed by atoms with van der Waals surface area (Å²) >= 11 is 6.28. The van der Waals surface area contributed by atoms with Gasteiger partial charge in [0, 0.05) is 15.0 Å². The number of fused-ring (bicyclic) bond motifs is 1. The molecule has 14 heavy (non-hydrogen) atoms. The predicted molar refractivity (Wildman–Crippen MR) is 65.0 cm³/mol. The molecule has 1 heterocycles. The summed E-state index contributed by atoms with van der Waals surface area (Å²) in [5.74, 6) is 0.876. The van der Waals surface area contributed by atoms with E-state index in [2.05, 4.69) is 31.7 Å². The van der Waals surface area contributed by atoms with Crippen LogP contribution in [0.4, 0.5) is 0 Å². The molecule has 0 saturated carbocycles. The summed E-state index contributed by atoms with van der Waals surface area (Å²) in [4.78, 5) is 2.26. The van der Waals surface area contributed by atoms with E-state index in [4.69, 9.17) is 4.74 Å². The molecular weight excluding hydrogens is 212 g/mol. The van der Waals surface area contributed by atoms with Gasteiger partial charge in [-0.05, 0) is 32.0 Å². The van der Waals surface area contributed by atoms with Gasteiger partial charge in [0.05, 0.1) is 11.5 Å². The second kappa shape index (κ2) is 3.83. The summed E-state index contributed by atoms with van der Waals surface area (Å²) in [6.45, 7) is 4.77. The van der Waals surface area contributed by atoms with Crippen molar-refractivity contribution in [3.8, 4) is 5.75 Å². The molecule has 0 saturated heterocycles. The smallest absolute Gasteiger partial charge is 0.133 e. The molecule has 0 fully saturated rings. The highest BCUT2D eigenvalue weighted by atomic mass is 32.1. The maximum atomic E-state index is 5.48. The first-order valence-electron chi connectivity index (χ1n) is 4.57. The third kappa shape index (κ3) is 1.62. The highest BCUT2D eigenvalue weighted by molar-refractivity contribution is 7.80. The Hall–Kier alpha value is -0.670. The van der Waals surface area contributed by atoms with Gasteiger partial charge >= 0.3 is 0 Å². The van der Waals surface area contributed by atoms with Crippen LogP contribution in [0.15, 0.2) is 23.1 Å². The van der Waals surface area contributed by atoms with E-state index in [1.807, 2.05) is 13.0 Å². The molecule has 74 valence electrons. The number of aryl methyl sites for hydroxylation is 1. The molecule has 0 atom stereocenters. The zero-order valence-electron chi connectivity index (χ0n) is 8.20. The van der Waals surface area contributed by atoms with Crippen LogP contribution in [0.2, 0.25) is 0 Å². The maximum Gasteiger partial charge on any atom is 0.133 e. The van der Waals surface area contributed by atoms with Crippen LogP contribution in [-0.4, -0.2) is 6.61 Å². The molecule has 1 aromatic carbocycles. The van der Waals surface area contributed by atoms with Gasteiger partial charge in [0.2, 0.25) is 0 Å². The normalized spacial score (nSPS) is 10.8. The van der Waals surface area contributed by atoms with Crippen molar-refractivity contribution in [1.29, 1.82) is 0 Å². The van der Waals surface area contributed by atoms with Crippen LogP contribution < -0.4 is 4.74 Å². The van der Waals surface area contributed by atoms with Crippen molar-refractivity contribution in [2.75, 3.05) is 6.61 Å². The van der Waals surface area contributed by atoms with Crippen LogP contribution in [0.3, 0.4) is 0 Å². The number of thiol groups is 1. The van der Waals surface area contributed by atoms with Gasteiger partial charge in [-0.15, -0.1) is 24.0 Å². The molecule has 2 aromatic rings. The van der Waals surface area contributed by atoms with Crippen molar-refractivity contribution in [2.24, 2.45) is 0 Å². The van der Waals surface area contributed by atoms with Gasteiger partial charge in [0.15, 0.2) is 0 Å². The molecule has 1 aromatic heterocycles. The second-order valence-corrected chi connectivity index (χ2v) is 4.85. The summed E-state index contributed by atoms with van der Waals surface area (Å²) in [6, 6.07) is 6.24. The molecule has 0 N–H and O–H groups in total. The van der Waals surface area contributed by atoms with E-state index in [9.17, 15) is 0 Å². The molecule has 0 aliphatic rings. The predicted octanol–water partition coefficient (Wildman–Crippen LogP) is 3.90. The zero-order valence-corrected chi connectivity index (χ0v) is 9.91. The van der Waals surface area contributed by atoms with Crippen LogP contribution in [-0.2, 0) is 0 Å². The Morgan fingerprint density at radius 1 is 1.43 bits per heavy atom. The zero-order chi connectivity index (χ0) is 10.1. The van der Waals surface area contributed by atoms with E-state index in [-0.39, 0.29) is 0 Å². The third-order valence-corrected chi connectivity index (χ3v) is 3.54. The average molecular weight is 224 g/mol. The lowest BCUT2D eigenvalue weighted by Crippen LogP contribution is -1.91. The number of hydrogen-bond acceptors (Lipinski definition) is 3. The minimum atomic E-state index is 0.683. The second-order valence-electron chi connectivity index (χ2n) is 3.11. The molecule has 0 spiro atoms. The van der Waals surface area contributed by atoms with Crippen molar-refractivity contribution < 1.29 is 4.74 Å². The fraction of sp³-hybridized carbons (Fsp3) is 0.273. The standard InChI is InChI=1S/C11H12OS2/c1-3-12-9-4-5-10-8(11(9)13)6-7(2)14-10/h4-6,13H,3H2,1-2H3. The topological polar surface area (TPSA) is 9.23 Å². The van der Waals surface area contributed by atoms with E-state index < -0.39 is 0 Å². The van der Waals surface area contributed by atoms with Gasteiger partial charge in [-0.3, -0.25) is 0 Å². The Morgan fingerprint density at radius 3 is 2.93 bits per heavy atom. The molecule has 0 bridgehead atoms. The lowest BCUT2D eigenvalue weighted by Gasteiger charge is -2.06. The van der Waals surface area contributed by atoms with Crippen molar-refractivity contribution in [3.63, 3.8) is 0 Å². The van der Waals surface area contributed by atoms with Gasteiger partial charge in [0.1, 0.15) is 5.75 Å². The molecule has 3 heteroatoms. The molecule has 1 nitrogen and oxygen atoms in total. The minimum absolute atomic E-state index is 0.683. The number of ether oxygens (including phenoxy) is 1. The molecule has 0 aliphatic carbocycles. The summed E-state index contributed by atoms with van der Waals surface area (Å²) < 4.78 is 6.76. The highest BCUT2D eigenvalue weighted by Gasteiger charge is 2.07. The van der Waals surface area contributed by atoms with E-state index in [0.717, 1.165) is 10.6 Å². The molecule has 0 aliphatic heterocycles. The Balaban J connectivity index is 2.61. The van der Waals surface area contributed by atoms with Crippen LogP contribution in [0, 0.1) is 6.92 Å². The van der Waals surface area contributed by atoms with Crippen LogP contribution in [0.25, 0.3) is 10.1 Å². The van der Waals surface area contributed by atoms with Gasteiger partial charge in [-0.1, -0.05) is 0 Å². The van der Waals surface area contributed by atoms with Crippen molar-refractivity contribution >= 4 is 34.1 Å². The van der Waals surface area contributed by atoms with Crippen molar-refractivity contribution in [1.82, 2.24) is 0 Å². The van der Waals surface area contributed by atoms with E-state index in [1.54, 1.807) is 11.3 Å². The molecule has 0 amide bonds. The van der Waals surface area contributed by atoms with E-state index in [1.165, 1.54) is 15.0 Å². The molecule has 0 radical (unpaired) electrons. The number of hydrogen-bond donors (Lipinski definition) is 1. The first-order valence-corrected chi connectivity index (χ1v) is 5.83. The minimum Gasteiger partial charge on any atom is -0.493 e. The van der Waals surface area contributed by atoms with Gasteiger partial charge in [-0.25, -0.2) is 0 Å². The fourth-order valence-electron chi connectivity index (χ4n) is 1.48. The van der Waals surface area contributed by atoms with Crippen LogP contribution in [0.1, 0.15) is 11.8 Å². The number of benzene rings is 1. The SMILES string of the molecule is CCOc1ccc2sc(C)cc2c1S. The number of rotatable bonds is 2. The third-order valence-electron chi connectivity index (χ3n) is 2.06. The first-order chi connectivity index (χ1) is 6.72.